The lowest BCUT2D eigenvalue weighted by molar-refractivity contribution is 0.185. The quantitative estimate of drug-likeness (QED) is 0.780. The van der Waals surface area contributed by atoms with Gasteiger partial charge in [0.15, 0.2) is 0 Å². The maximum Gasteiger partial charge on any atom is 0.322 e. The molecule has 2 amide bonds. The van der Waals surface area contributed by atoms with Gasteiger partial charge in [0.25, 0.3) is 0 Å². The van der Waals surface area contributed by atoms with Gasteiger partial charge in [-0.2, -0.15) is 0 Å². The SMILES string of the molecule is CC(C)Sc1ccc(Cl)cc1NC(=O)N(CCO)C1CC1. The number of urea groups is 1. The Morgan fingerprint density at radius 1 is 1.52 bits per heavy atom. The maximum atomic E-state index is 12.4. The van der Waals surface area contributed by atoms with Crippen LogP contribution in [0.3, 0.4) is 0 Å². The molecule has 0 aromatic heterocycles. The largest absolute Gasteiger partial charge is 0.395 e. The molecule has 1 aliphatic carbocycles. The summed E-state index contributed by atoms with van der Waals surface area (Å²) >= 11 is 7.72. The monoisotopic (exact) mass is 328 g/mol. The summed E-state index contributed by atoms with van der Waals surface area (Å²) in [6.07, 6.45) is 2.02. The number of thioether (sulfide) groups is 1. The molecule has 0 radical (unpaired) electrons. The molecule has 2 N–H and O–H groups in total. The van der Waals surface area contributed by atoms with Gasteiger partial charge in [-0.05, 0) is 31.0 Å². The van der Waals surface area contributed by atoms with Gasteiger partial charge in [-0.15, -0.1) is 11.8 Å². The zero-order chi connectivity index (χ0) is 15.4. The number of aliphatic hydroxyl groups is 1. The first-order chi connectivity index (χ1) is 10.0. The van der Waals surface area contributed by atoms with Crippen LogP contribution in [-0.4, -0.2) is 40.5 Å². The number of hydrogen-bond acceptors (Lipinski definition) is 3. The van der Waals surface area contributed by atoms with Crippen molar-refractivity contribution in [3.63, 3.8) is 0 Å². The summed E-state index contributed by atoms with van der Waals surface area (Å²) in [5.41, 5.74) is 0.731. The predicted octanol–water partition coefficient (Wildman–Crippen LogP) is 3.83. The Labute approximate surface area is 134 Å². The summed E-state index contributed by atoms with van der Waals surface area (Å²) in [4.78, 5) is 15.1. The van der Waals surface area contributed by atoms with Crippen LogP contribution in [0.25, 0.3) is 0 Å². The first-order valence-electron chi connectivity index (χ1n) is 7.16. The highest BCUT2D eigenvalue weighted by Gasteiger charge is 2.32. The van der Waals surface area contributed by atoms with Gasteiger partial charge in [-0.25, -0.2) is 4.79 Å². The van der Waals surface area contributed by atoms with Gasteiger partial charge in [-0.1, -0.05) is 25.4 Å². The molecule has 0 saturated heterocycles. The van der Waals surface area contributed by atoms with Crippen molar-refractivity contribution in [1.82, 2.24) is 4.90 Å². The number of carbonyl (C=O) groups is 1. The van der Waals surface area contributed by atoms with E-state index in [1.165, 1.54) is 0 Å². The van der Waals surface area contributed by atoms with E-state index in [0.29, 0.717) is 16.8 Å². The Balaban J connectivity index is 2.13. The van der Waals surface area contributed by atoms with E-state index in [2.05, 4.69) is 19.2 Å². The molecule has 0 heterocycles. The molecule has 0 unspecified atom stereocenters. The molecule has 2 rings (SSSR count). The van der Waals surface area contributed by atoms with Crippen molar-refractivity contribution in [3.8, 4) is 0 Å². The molecule has 0 bridgehead atoms. The van der Waals surface area contributed by atoms with E-state index in [1.54, 1.807) is 22.7 Å². The predicted molar refractivity (Wildman–Crippen MR) is 88.3 cm³/mol. The number of anilines is 1. The van der Waals surface area contributed by atoms with Gasteiger partial charge in [-0.3, -0.25) is 0 Å². The number of nitrogens with one attached hydrogen (secondary N) is 1. The molecule has 1 aromatic carbocycles. The van der Waals surface area contributed by atoms with Gasteiger partial charge in [0.2, 0.25) is 0 Å². The lowest BCUT2D eigenvalue weighted by Gasteiger charge is -2.23. The van der Waals surface area contributed by atoms with Crippen molar-refractivity contribution in [2.75, 3.05) is 18.5 Å². The van der Waals surface area contributed by atoms with E-state index >= 15 is 0 Å². The smallest absolute Gasteiger partial charge is 0.322 e. The van der Waals surface area contributed by atoms with Crippen LogP contribution in [-0.2, 0) is 0 Å². The summed E-state index contributed by atoms with van der Waals surface area (Å²) in [5.74, 6) is 0. The molecule has 21 heavy (non-hydrogen) atoms. The van der Waals surface area contributed by atoms with Gasteiger partial charge in [0.05, 0.1) is 12.3 Å². The second-order valence-electron chi connectivity index (χ2n) is 5.39. The van der Waals surface area contributed by atoms with Gasteiger partial charge >= 0.3 is 6.03 Å². The Morgan fingerprint density at radius 3 is 2.81 bits per heavy atom. The minimum absolute atomic E-state index is 0.0208. The molecule has 4 nitrogen and oxygen atoms in total. The van der Waals surface area contributed by atoms with Crippen LogP contribution in [0.4, 0.5) is 10.5 Å². The van der Waals surface area contributed by atoms with Crippen LogP contribution in [0.15, 0.2) is 23.1 Å². The number of amides is 2. The molecule has 1 aromatic rings. The number of hydrogen-bond donors (Lipinski definition) is 2. The topological polar surface area (TPSA) is 52.6 Å². The number of rotatable bonds is 6. The van der Waals surface area contributed by atoms with Crippen LogP contribution in [0, 0.1) is 0 Å². The summed E-state index contributed by atoms with van der Waals surface area (Å²) in [6, 6.07) is 5.62. The third kappa shape index (κ3) is 4.80. The van der Waals surface area contributed by atoms with E-state index < -0.39 is 0 Å². The highest BCUT2D eigenvalue weighted by atomic mass is 35.5. The van der Waals surface area contributed by atoms with Crippen molar-refractivity contribution >= 4 is 35.1 Å². The molecule has 1 saturated carbocycles. The number of halogens is 1. The fourth-order valence-corrected chi connectivity index (χ4v) is 3.15. The molecular formula is C15H21ClN2O2S. The third-order valence-corrected chi connectivity index (χ3v) is 4.45. The van der Waals surface area contributed by atoms with E-state index in [4.69, 9.17) is 16.7 Å². The zero-order valence-corrected chi connectivity index (χ0v) is 13.9. The maximum absolute atomic E-state index is 12.4. The first kappa shape index (κ1) is 16.5. The fraction of sp³-hybridized carbons (Fsp3) is 0.533. The average molecular weight is 329 g/mol. The van der Waals surface area contributed by atoms with Crippen LogP contribution < -0.4 is 5.32 Å². The molecule has 0 spiro atoms. The van der Waals surface area contributed by atoms with Gasteiger partial charge in [0, 0.05) is 27.8 Å². The lowest BCUT2D eigenvalue weighted by atomic mass is 10.3. The standard InChI is InChI=1S/C15H21ClN2O2S/c1-10(2)21-14-6-3-11(16)9-13(14)17-15(20)18(7-8-19)12-4-5-12/h3,6,9-10,12,19H,4-5,7-8H2,1-2H3,(H,17,20). The van der Waals surface area contributed by atoms with Crippen molar-refractivity contribution in [2.45, 2.75) is 42.9 Å². The molecule has 116 valence electrons. The van der Waals surface area contributed by atoms with E-state index in [0.717, 1.165) is 23.4 Å². The number of nitrogens with zero attached hydrogens (tertiary/aromatic N) is 1. The minimum Gasteiger partial charge on any atom is -0.395 e. The normalized spacial score (nSPS) is 14.3. The van der Waals surface area contributed by atoms with Crippen molar-refractivity contribution in [1.29, 1.82) is 0 Å². The van der Waals surface area contributed by atoms with E-state index in [-0.39, 0.29) is 18.7 Å². The minimum atomic E-state index is -0.167. The Kier molecular flexibility index (Phi) is 5.79. The summed E-state index contributed by atoms with van der Waals surface area (Å²) in [7, 11) is 0. The van der Waals surface area contributed by atoms with Gasteiger partial charge in [0.1, 0.15) is 0 Å². The van der Waals surface area contributed by atoms with Crippen LogP contribution in [0.5, 0.6) is 0 Å². The highest BCUT2D eigenvalue weighted by molar-refractivity contribution is 8.00. The second kappa shape index (κ2) is 7.38. The van der Waals surface area contributed by atoms with E-state index in [1.807, 2.05) is 12.1 Å². The number of benzene rings is 1. The molecule has 1 aliphatic rings. The van der Waals surface area contributed by atoms with Crippen molar-refractivity contribution < 1.29 is 9.90 Å². The Morgan fingerprint density at radius 2 is 2.24 bits per heavy atom. The average Bonchev–Trinajstić information content (AvgIpc) is 3.23. The Hall–Kier alpha value is -0.910. The molecular weight excluding hydrogens is 308 g/mol. The van der Waals surface area contributed by atoms with E-state index in [9.17, 15) is 4.79 Å². The second-order valence-corrected chi connectivity index (χ2v) is 7.44. The molecule has 6 heteroatoms. The van der Waals surface area contributed by atoms with Gasteiger partial charge < -0.3 is 15.3 Å². The zero-order valence-electron chi connectivity index (χ0n) is 12.3. The molecule has 0 aliphatic heterocycles. The summed E-state index contributed by atoms with van der Waals surface area (Å²) in [5, 5.41) is 13.0. The molecule has 1 fully saturated rings. The fourth-order valence-electron chi connectivity index (χ4n) is 2.09. The van der Waals surface area contributed by atoms with Crippen LogP contribution in [0.2, 0.25) is 5.02 Å². The van der Waals surface area contributed by atoms with Crippen LogP contribution in [0.1, 0.15) is 26.7 Å². The van der Waals surface area contributed by atoms with Crippen LogP contribution >= 0.6 is 23.4 Å². The molecule has 0 atom stereocenters. The summed E-state index contributed by atoms with van der Waals surface area (Å²) < 4.78 is 0. The summed E-state index contributed by atoms with van der Waals surface area (Å²) in [6.45, 7) is 4.55. The van der Waals surface area contributed by atoms with Crippen molar-refractivity contribution in [3.05, 3.63) is 23.2 Å². The lowest BCUT2D eigenvalue weighted by Crippen LogP contribution is -2.38. The third-order valence-electron chi connectivity index (χ3n) is 3.14. The number of aliphatic hydroxyl groups excluding tert-OH is 1. The van der Waals surface area contributed by atoms with Crippen molar-refractivity contribution in [2.24, 2.45) is 0 Å². The first-order valence-corrected chi connectivity index (χ1v) is 8.41. The Bertz CT molecular complexity index is 506. The highest BCUT2D eigenvalue weighted by Crippen LogP contribution is 2.33. The number of carbonyl (C=O) groups excluding carboxylic acids is 1.